The molecule has 1 amide bonds. The van der Waals surface area contributed by atoms with Crippen molar-refractivity contribution in [3.8, 4) is 0 Å². The number of hydrogen-bond donors (Lipinski definition) is 1. The maximum absolute atomic E-state index is 12.7. The Morgan fingerprint density at radius 3 is 2.96 bits per heavy atom. The second kappa shape index (κ2) is 7.53. The van der Waals surface area contributed by atoms with E-state index < -0.39 is 0 Å². The molecule has 0 saturated heterocycles. The summed E-state index contributed by atoms with van der Waals surface area (Å²) in [6.45, 7) is 3.22. The molecule has 134 valence electrons. The number of nitrogens with zero attached hydrogens (tertiary/aromatic N) is 1. The van der Waals surface area contributed by atoms with Gasteiger partial charge in [0.15, 0.2) is 0 Å². The van der Waals surface area contributed by atoms with Crippen LogP contribution in [0.2, 0.25) is 5.02 Å². The van der Waals surface area contributed by atoms with Crippen molar-refractivity contribution in [1.82, 2.24) is 4.90 Å². The molecule has 3 nitrogen and oxygen atoms in total. The fourth-order valence-electron chi connectivity index (χ4n) is 3.42. The normalized spacial score (nSPS) is 17.1. The van der Waals surface area contributed by atoms with Crippen LogP contribution in [0.4, 0.5) is 5.69 Å². The SMILES string of the molecule is Cc1ccc(Cl)cc1NC(=O)CN1CCc2sccc2[C@H]1c1cccs1. The van der Waals surface area contributed by atoms with Gasteiger partial charge in [-0.3, -0.25) is 9.69 Å². The Morgan fingerprint density at radius 2 is 2.15 bits per heavy atom. The Hall–Kier alpha value is -1.66. The minimum Gasteiger partial charge on any atom is -0.325 e. The topological polar surface area (TPSA) is 32.3 Å². The minimum atomic E-state index is -0.00407. The van der Waals surface area contributed by atoms with Crippen molar-refractivity contribution in [1.29, 1.82) is 0 Å². The lowest BCUT2D eigenvalue weighted by Gasteiger charge is -2.34. The second-order valence-corrected chi connectivity index (χ2v) is 8.86. The van der Waals surface area contributed by atoms with Gasteiger partial charge in [0.1, 0.15) is 0 Å². The molecule has 6 heteroatoms. The summed E-state index contributed by atoms with van der Waals surface area (Å²) in [4.78, 5) is 17.7. The van der Waals surface area contributed by atoms with Crippen LogP contribution in [0.5, 0.6) is 0 Å². The van der Waals surface area contributed by atoms with E-state index in [9.17, 15) is 4.79 Å². The third-order valence-electron chi connectivity index (χ3n) is 4.70. The summed E-state index contributed by atoms with van der Waals surface area (Å²) in [6.07, 6.45) is 0.998. The van der Waals surface area contributed by atoms with Crippen LogP contribution in [0, 0.1) is 6.92 Å². The van der Waals surface area contributed by atoms with Crippen LogP contribution in [-0.4, -0.2) is 23.9 Å². The van der Waals surface area contributed by atoms with Crippen molar-refractivity contribution in [2.45, 2.75) is 19.4 Å². The van der Waals surface area contributed by atoms with E-state index in [1.807, 2.05) is 30.4 Å². The van der Waals surface area contributed by atoms with Crippen molar-refractivity contribution >= 4 is 45.9 Å². The average molecular weight is 403 g/mol. The zero-order chi connectivity index (χ0) is 18.1. The number of rotatable bonds is 4. The van der Waals surface area contributed by atoms with Crippen molar-refractivity contribution in [3.63, 3.8) is 0 Å². The maximum atomic E-state index is 12.7. The molecule has 1 N–H and O–H groups in total. The quantitative estimate of drug-likeness (QED) is 0.637. The van der Waals surface area contributed by atoms with Gasteiger partial charge in [0.2, 0.25) is 5.91 Å². The van der Waals surface area contributed by atoms with E-state index in [2.05, 4.69) is 39.2 Å². The molecule has 1 aliphatic heterocycles. The van der Waals surface area contributed by atoms with Crippen molar-refractivity contribution in [2.75, 3.05) is 18.4 Å². The lowest BCUT2D eigenvalue weighted by Crippen LogP contribution is -2.40. The van der Waals surface area contributed by atoms with Crippen LogP contribution in [0.1, 0.15) is 26.9 Å². The molecule has 26 heavy (non-hydrogen) atoms. The lowest BCUT2D eigenvalue weighted by atomic mass is 9.98. The van der Waals surface area contributed by atoms with Gasteiger partial charge in [-0.15, -0.1) is 22.7 Å². The Kier molecular flexibility index (Phi) is 5.14. The molecule has 4 rings (SSSR count). The maximum Gasteiger partial charge on any atom is 0.238 e. The van der Waals surface area contributed by atoms with Crippen LogP contribution >= 0.6 is 34.3 Å². The van der Waals surface area contributed by atoms with Gasteiger partial charge in [0.05, 0.1) is 12.6 Å². The van der Waals surface area contributed by atoms with Crippen molar-refractivity contribution in [2.24, 2.45) is 0 Å². The van der Waals surface area contributed by atoms with E-state index in [1.54, 1.807) is 17.4 Å². The number of thiophene rings is 2. The fourth-order valence-corrected chi connectivity index (χ4v) is 5.37. The first-order chi connectivity index (χ1) is 12.6. The van der Waals surface area contributed by atoms with Gasteiger partial charge in [-0.1, -0.05) is 23.7 Å². The first kappa shape index (κ1) is 17.7. The third kappa shape index (κ3) is 3.58. The second-order valence-electron chi connectivity index (χ2n) is 6.44. The number of carbonyl (C=O) groups is 1. The molecule has 0 bridgehead atoms. The third-order valence-corrected chi connectivity index (χ3v) is 6.86. The highest BCUT2D eigenvalue weighted by Crippen LogP contribution is 2.39. The van der Waals surface area contributed by atoms with E-state index in [-0.39, 0.29) is 11.9 Å². The molecule has 0 saturated carbocycles. The lowest BCUT2D eigenvalue weighted by molar-refractivity contribution is -0.117. The van der Waals surface area contributed by atoms with Gasteiger partial charge in [0, 0.05) is 27.0 Å². The van der Waals surface area contributed by atoms with Crippen molar-refractivity contribution < 1.29 is 4.79 Å². The average Bonchev–Trinajstić information content (AvgIpc) is 3.29. The summed E-state index contributed by atoms with van der Waals surface area (Å²) in [5.41, 5.74) is 3.13. The number of benzene rings is 1. The number of halogens is 1. The van der Waals surface area contributed by atoms with Crippen LogP contribution in [0.3, 0.4) is 0 Å². The highest BCUT2D eigenvalue weighted by Gasteiger charge is 2.31. The van der Waals surface area contributed by atoms with Gasteiger partial charge in [-0.25, -0.2) is 0 Å². The Balaban J connectivity index is 1.55. The summed E-state index contributed by atoms with van der Waals surface area (Å²) < 4.78 is 0. The number of aryl methyl sites for hydroxylation is 1. The number of amides is 1. The fraction of sp³-hybridized carbons (Fsp3) is 0.250. The Labute approximate surface area is 166 Å². The zero-order valence-electron chi connectivity index (χ0n) is 14.4. The molecular formula is C20H19ClN2OS2. The summed E-state index contributed by atoms with van der Waals surface area (Å²) in [5, 5.41) is 7.91. The summed E-state index contributed by atoms with van der Waals surface area (Å²) in [7, 11) is 0. The van der Waals surface area contributed by atoms with Crippen LogP contribution in [-0.2, 0) is 11.2 Å². The molecule has 1 aliphatic rings. The van der Waals surface area contributed by atoms with Crippen LogP contribution in [0.15, 0.2) is 47.2 Å². The molecule has 2 aromatic heterocycles. The van der Waals surface area contributed by atoms with Gasteiger partial charge in [-0.2, -0.15) is 0 Å². The zero-order valence-corrected chi connectivity index (χ0v) is 16.8. The van der Waals surface area contributed by atoms with Gasteiger partial charge < -0.3 is 5.32 Å². The molecule has 0 aliphatic carbocycles. The molecule has 0 fully saturated rings. The number of carbonyl (C=O) groups excluding carboxylic acids is 1. The molecular weight excluding hydrogens is 384 g/mol. The van der Waals surface area contributed by atoms with Crippen LogP contribution in [0.25, 0.3) is 0 Å². The highest BCUT2D eigenvalue weighted by molar-refractivity contribution is 7.10. The van der Waals surface area contributed by atoms with E-state index in [1.165, 1.54) is 15.3 Å². The first-order valence-corrected chi connectivity index (χ1v) is 10.7. The molecule has 0 spiro atoms. The van der Waals surface area contributed by atoms with Gasteiger partial charge in [-0.05, 0) is 59.5 Å². The number of anilines is 1. The van der Waals surface area contributed by atoms with Gasteiger partial charge in [0.25, 0.3) is 0 Å². The standard InChI is InChI=1S/C20H19ClN2OS2/c1-13-4-5-14(21)11-16(13)22-19(24)12-23-8-6-17-15(7-10-26-17)20(23)18-3-2-9-25-18/h2-5,7,9-11,20H,6,8,12H2,1H3,(H,22,24)/t20-/m0/s1. The summed E-state index contributed by atoms with van der Waals surface area (Å²) in [5.74, 6) is -0.00407. The Morgan fingerprint density at radius 1 is 1.27 bits per heavy atom. The van der Waals surface area contributed by atoms with E-state index in [4.69, 9.17) is 11.6 Å². The predicted octanol–water partition coefficient (Wildman–Crippen LogP) is 5.36. The van der Waals surface area contributed by atoms with E-state index in [0.717, 1.165) is 24.2 Å². The molecule has 3 aromatic rings. The smallest absolute Gasteiger partial charge is 0.238 e. The monoisotopic (exact) mass is 402 g/mol. The van der Waals surface area contributed by atoms with E-state index in [0.29, 0.717) is 11.6 Å². The van der Waals surface area contributed by atoms with Crippen molar-refractivity contribution in [3.05, 3.63) is 73.1 Å². The predicted molar refractivity (Wildman–Crippen MR) is 111 cm³/mol. The Bertz CT molecular complexity index is 920. The minimum absolute atomic E-state index is 0.00407. The first-order valence-electron chi connectivity index (χ1n) is 8.51. The van der Waals surface area contributed by atoms with E-state index >= 15 is 0 Å². The van der Waals surface area contributed by atoms with Gasteiger partial charge >= 0.3 is 0 Å². The molecule has 1 atom stereocenters. The number of nitrogens with one attached hydrogen (secondary N) is 1. The molecule has 0 unspecified atom stereocenters. The van der Waals surface area contributed by atoms with Crippen LogP contribution < -0.4 is 5.32 Å². The summed E-state index contributed by atoms with van der Waals surface area (Å²) >= 11 is 9.63. The molecule has 0 radical (unpaired) electrons. The largest absolute Gasteiger partial charge is 0.325 e. The summed E-state index contributed by atoms with van der Waals surface area (Å²) in [6, 6.07) is 12.2. The number of fused-ring (bicyclic) bond motifs is 1. The molecule has 1 aromatic carbocycles. The number of hydrogen-bond acceptors (Lipinski definition) is 4. The molecule has 3 heterocycles. The highest BCUT2D eigenvalue weighted by atomic mass is 35.5.